The minimum Gasteiger partial charge on any atom is -0.459 e. The molecule has 0 heterocycles. The first kappa shape index (κ1) is 15.8. The summed E-state index contributed by atoms with van der Waals surface area (Å²) >= 11 is 0. The Hall–Kier alpha value is -1.19. The zero-order valence-electron chi connectivity index (χ0n) is 11.5. The minimum absolute atomic E-state index is 0.0407. The van der Waals surface area contributed by atoms with Crippen LogP contribution in [0.25, 0.3) is 0 Å². The molecule has 0 N–H and O–H groups in total. The van der Waals surface area contributed by atoms with Crippen LogP contribution in [0.2, 0.25) is 0 Å². The maximum Gasteiger partial charge on any atom is 0.319 e. The van der Waals surface area contributed by atoms with Crippen molar-refractivity contribution in [2.45, 2.75) is 60.0 Å². The van der Waals surface area contributed by atoms with Gasteiger partial charge >= 0.3 is 5.97 Å². The molecule has 0 aromatic rings. The van der Waals surface area contributed by atoms with E-state index in [1.165, 1.54) is 20.8 Å². The normalized spacial score (nSPS) is 14.9. The first-order valence-corrected chi connectivity index (χ1v) is 5.73. The highest BCUT2D eigenvalue weighted by Crippen LogP contribution is 2.28. The van der Waals surface area contributed by atoms with Crippen LogP contribution in [-0.4, -0.2) is 23.1 Å². The molecule has 0 aromatic heterocycles. The minimum atomic E-state index is -1.22. The summed E-state index contributed by atoms with van der Waals surface area (Å²) in [5, 5.41) is 0. The summed E-state index contributed by atoms with van der Waals surface area (Å²) in [6, 6.07) is 0. The van der Waals surface area contributed by atoms with Gasteiger partial charge < -0.3 is 9.53 Å². The van der Waals surface area contributed by atoms with E-state index in [2.05, 4.69) is 0 Å². The lowest BCUT2D eigenvalue weighted by atomic mass is 9.81. The third kappa shape index (κ3) is 5.11. The Morgan fingerprint density at radius 1 is 1.00 bits per heavy atom. The molecule has 0 bridgehead atoms. The van der Waals surface area contributed by atoms with Crippen molar-refractivity contribution >= 4 is 17.5 Å². The van der Waals surface area contributed by atoms with Crippen molar-refractivity contribution in [1.29, 1.82) is 0 Å². The van der Waals surface area contributed by atoms with E-state index in [9.17, 15) is 14.4 Å². The molecule has 1 atom stereocenters. The van der Waals surface area contributed by atoms with Crippen molar-refractivity contribution in [3.8, 4) is 0 Å². The van der Waals surface area contributed by atoms with E-state index >= 15 is 0 Å². The van der Waals surface area contributed by atoms with Crippen LogP contribution in [0.3, 0.4) is 0 Å². The second-order valence-electron chi connectivity index (χ2n) is 5.59. The molecule has 0 saturated heterocycles. The molecule has 0 aliphatic carbocycles. The van der Waals surface area contributed by atoms with Gasteiger partial charge in [0.1, 0.15) is 22.6 Å². The quantitative estimate of drug-likeness (QED) is 0.548. The molecule has 0 saturated carbocycles. The fourth-order valence-corrected chi connectivity index (χ4v) is 1.24. The van der Waals surface area contributed by atoms with Crippen molar-refractivity contribution in [3.63, 3.8) is 0 Å². The molecule has 98 valence electrons. The predicted octanol–water partition coefficient (Wildman–Crippen LogP) is 2.29. The average Bonchev–Trinajstić information content (AvgIpc) is 2.10. The molecule has 0 aliphatic rings. The molecule has 17 heavy (non-hydrogen) atoms. The molecule has 4 heteroatoms. The largest absolute Gasteiger partial charge is 0.459 e. The van der Waals surface area contributed by atoms with E-state index in [1.807, 2.05) is 0 Å². The van der Waals surface area contributed by atoms with Gasteiger partial charge in [0, 0.05) is 6.42 Å². The van der Waals surface area contributed by atoms with E-state index in [1.54, 1.807) is 20.8 Å². The summed E-state index contributed by atoms with van der Waals surface area (Å²) in [5.41, 5.74) is -1.86. The van der Waals surface area contributed by atoms with Crippen LogP contribution < -0.4 is 0 Å². The van der Waals surface area contributed by atoms with Gasteiger partial charge in [-0.1, -0.05) is 0 Å². The summed E-state index contributed by atoms with van der Waals surface area (Å²) in [6.07, 6.45) is 0.405. The lowest BCUT2D eigenvalue weighted by Gasteiger charge is -2.29. The van der Waals surface area contributed by atoms with Crippen molar-refractivity contribution in [2.75, 3.05) is 0 Å². The zero-order chi connectivity index (χ0) is 13.9. The van der Waals surface area contributed by atoms with Gasteiger partial charge in [-0.05, 0) is 48.0 Å². The SMILES string of the molecule is CC(=O)CC[C@@](C)(C(C)=O)C(=O)OC(C)(C)C. The fraction of sp³-hybridized carbons (Fsp3) is 0.769. The first-order valence-electron chi connectivity index (χ1n) is 5.73. The molecule has 0 radical (unpaired) electrons. The Morgan fingerprint density at radius 3 is 1.76 bits per heavy atom. The molecule has 4 nitrogen and oxygen atoms in total. The van der Waals surface area contributed by atoms with Gasteiger partial charge in [0.05, 0.1) is 0 Å². The van der Waals surface area contributed by atoms with E-state index in [4.69, 9.17) is 4.74 Å². The lowest BCUT2D eigenvalue weighted by Crippen LogP contribution is -2.40. The number of rotatable bonds is 5. The van der Waals surface area contributed by atoms with E-state index in [-0.39, 0.29) is 24.4 Å². The first-order chi connectivity index (χ1) is 7.49. The highest BCUT2D eigenvalue weighted by atomic mass is 16.6. The number of ketones is 2. The van der Waals surface area contributed by atoms with Crippen LogP contribution in [0.15, 0.2) is 0 Å². The molecule has 0 aromatic carbocycles. The van der Waals surface area contributed by atoms with Gasteiger partial charge in [-0.15, -0.1) is 0 Å². The monoisotopic (exact) mass is 242 g/mol. The van der Waals surface area contributed by atoms with E-state index < -0.39 is 17.0 Å². The van der Waals surface area contributed by atoms with Gasteiger partial charge in [-0.2, -0.15) is 0 Å². The van der Waals surface area contributed by atoms with Crippen LogP contribution in [0, 0.1) is 5.41 Å². The zero-order valence-corrected chi connectivity index (χ0v) is 11.5. The van der Waals surface area contributed by atoms with Crippen LogP contribution in [0.5, 0.6) is 0 Å². The van der Waals surface area contributed by atoms with Crippen molar-refractivity contribution in [3.05, 3.63) is 0 Å². The molecule has 0 unspecified atom stereocenters. The van der Waals surface area contributed by atoms with Gasteiger partial charge in [0.25, 0.3) is 0 Å². The second kappa shape index (κ2) is 5.43. The van der Waals surface area contributed by atoms with Crippen molar-refractivity contribution < 1.29 is 19.1 Å². The maximum atomic E-state index is 12.0. The fourth-order valence-electron chi connectivity index (χ4n) is 1.24. The van der Waals surface area contributed by atoms with Crippen LogP contribution >= 0.6 is 0 Å². The average molecular weight is 242 g/mol. The number of hydrogen-bond acceptors (Lipinski definition) is 4. The van der Waals surface area contributed by atoms with Crippen molar-refractivity contribution in [1.82, 2.24) is 0 Å². The highest BCUT2D eigenvalue weighted by molar-refractivity contribution is 6.02. The number of carbonyl (C=O) groups is 3. The third-order valence-electron chi connectivity index (χ3n) is 2.60. The van der Waals surface area contributed by atoms with Crippen molar-refractivity contribution in [2.24, 2.45) is 5.41 Å². The van der Waals surface area contributed by atoms with Gasteiger partial charge in [-0.3, -0.25) is 9.59 Å². The van der Waals surface area contributed by atoms with Gasteiger partial charge in [-0.25, -0.2) is 0 Å². The summed E-state index contributed by atoms with van der Waals surface area (Å²) in [6.45, 7) is 9.56. The molecule has 0 aliphatic heterocycles. The molecule has 0 fully saturated rings. The van der Waals surface area contributed by atoms with Gasteiger partial charge in [0.2, 0.25) is 0 Å². The Labute approximate surface area is 103 Å². The number of hydrogen-bond donors (Lipinski definition) is 0. The Bertz CT molecular complexity index is 325. The number of carbonyl (C=O) groups excluding carboxylic acids is 3. The smallest absolute Gasteiger partial charge is 0.319 e. The van der Waals surface area contributed by atoms with Crippen LogP contribution in [-0.2, 0) is 19.1 Å². The Kier molecular flexibility index (Phi) is 5.05. The van der Waals surface area contributed by atoms with E-state index in [0.717, 1.165) is 0 Å². The predicted molar refractivity (Wildman–Crippen MR) is 64.5 cm³/mol. The number of Topliss-reactive ketones (excluding diaryl/α,β-unsaturated/α-hetero) is 2. The lowest BCUT2D eigenvalue weighted by molar-refractivity contribution is -0.169. The molecule has 0 amide bonds. The molecule has 0 rings (SSSR count). The van der Waals surface area contributed by atoms with E-state index in [0.29, 0.717) is 0 Å². The summed E-state index contributed by atoms with van der Waals surface area (Å²) in [5.74, 6) is -0.868. The second-order valence-corrected chi connectivity index (χ2v) is 5.59. The molecule has 0 spiro atoms. The maximum absolute atomic E-state index is 12.0. The topological polar surface area (TPSA) is 60.4 Å². The molecular weight excluding hydrogens is 220 g/mol. The summed E-state index contributed by atoms with van der Waals surface area (Å²) in [4.78, 5) is 34.5. The van der Waals surface area contributed by atoms with Crippen LogP contribution in [0.4, 0.5) is 0 Å². The summed E-state index contributed by atoms with van der Waals surface area (Å²) in [7, 11) is 0. The van der Waals surface area contributed by atoms with Crippen LogP contribution in [0.1, 0.15) is 54.4 Å². The standard InChI is InChI=1S/C13H22O4/c1-9(14)7-8-13(6,10(2)15)11(16)17-12(3,4)5/h7-8H2,1-6H3/t13-/m0/s1. The number of ether oxygens (including phenoxy) is 1. The number of esters is 1. The third-order valence-corrected chi connectivity index (χ3v) is 2.60. The van der Waals surface area contributed by atoms with Gasteiger partial charge in [0.15, 0.2) is 0 Å². The Morgan fingerprint density at radius 2 is 1.47 bits per heavy atom. The Balaban J connectivity index is 4.88. The highest BCUT2D eigenvalue weighted by Gasteiger charge is 2.41. The molecular formula is C13H22O4. The summed E-state index contributed by atoms with van der Waals surface area (Å²) < 4.78 is 5.23.